The van der Waals surface area contributed by atoms with Gasteiger partial charge in [0.15, 0.2) is 5.69 Å². The van der Waals surface area contributed by atoms with E-state index in [-0.39, 0.29) is 11.4 Å². The summed E-state index contributed by atoms with van der Waals surface area (Å²) in [5.41, 5.74) is -0.0939. The van der Waals surface area contributed by atoms with Crippen molar-refractivity contribution >= 4 is 11.6 Å². The lowest BCUT2D eigenvalue weighted by molar-refractivity contribution is -0.182. The first-order valence-corrected chi connectivity index (χ1v) is 6.06. The molecule has 0 spiro atoms. The average molecular weight is 339 g/mol. The van der Waals surface area contributed by atoms with E-state index in [4.69, 9.17) is 0 Å². The molecule has 0 saturated heterocycles. The average Bonchev–Trinajstić information content (AvgIpc) is 3.06. The number of carbonyl (C=O) groups is 1. The molecular formula is C11H10F5N5O2. The van der Waals surface area contributed by atoms with Gasteiger partial charge in [-0.25, -0.2) is 9.36 Å². The number of nitrogens with one attached hydrogen (secondary N) is 1. The van der Waals surface area contributed by atoms with E-state index in [1.54, 1.807) is 0 Å². The Morgan fingerprint density at radius 3 is 2.74 bits per heavy atom. The molecule has 1 amide bonds. The number of amides is 1. The minimum atomic E-state index is -4.45. The number of rotatable bonds is 6. The number of aromatic nitrogens is 4. The second-order valence-electron chi connectivity index (χ2n) is 4.27. The van der Waals surface area contributed by atoms with Crippen molar-refractivity contribution < 1.29 is 31.5 Å². The van der Waals surface area contributed by atoms with Gasteiger partial charge in [-0.3, -0.25) is 4.79 Å². The Hall–Kier alpha value is -2.50. The van der Waals surface area contributed by atoms with E-state index in [1.165, 1.54) is 12.4 Å². The van der Waals surface area contributed by atoms with Crippen LogP contribution in [0.15, 0.2) is 24.7 Å². The maximum absolute atomic E-state index is 12.3. The van der Waals surface area contributed by atoms with Crippen molar-refractivity contribution in [3.8, 4) is 0 Å². The number of hydrogen-bond acceptors (Lipinski definition) is 4. The molecule has 7 nitrogen and oxygen atoms in total. The first-order chi connectivity index (χ1) is 10.7. The van der Waals surface area contributed by atoms with Gasteiger partial charge in [0.25, 0.3) is 5.91 Å². The lowest BCUT2D eigenvalue weighted by Gasteiger charge is -2.07. The fourth-order valence-corrected chi connectivity index (χ4v) is 1.52. The van der Waals surface area contributed by atoms with Crippen molar-refractivity contribution in [3.63, 3.8) is 0 Å². The third kappa shape index (κ3) is 5.02. The highest BCUT2D eigenvalue weighted by molar-refractivity contribution is 6.02. The van der Waals surface area contributed by atoms with Crippen LogP contribution >= 0.6 is 0 Å². The second kappa shape index (κ2) is 6.73. The van der Waals surface area contributed by atoms with Crippen molar-refractivity contribution in [3.05, 3.63) is 30.4 Å². The largest absolute Gasteiger partial charge is 0.411 e. The highest BCUT2D eigenvalue weighted by atomic mass is 19.4. The molecule has 2 aromatic rings. The van der Waals surface area contributed by atoms with E-state index in [0.717, 1.165) is 16.9 Å². The number of halogens is 5. The van der Waals surface area contributed by atoms with Gasteiger partial charge in [0, 0.05) is 6.20 Å². The molecular weight excluding hydrogens is 329 g/mol. The predicted molar refractivity (Wildman–Crippen MR) is 65.7 cm³/mol. The number of ether oxygens (including phenoxy) is 1. The minimum Gasteiger partial charge on any atom is -0.350 e. The Balaban J connectivity index is 1.89. The summed E-state index contributed by atoms with van der Waals surface area (Å²) in [4.78, 5) is 11.8. The van der Waals surface area contributed by atoms with Crippen LogP contribution in [0.1, 0.15) is 17.0 Å². The number of hydrogen-bond donors (Lipinski definition) is 1. The minimum absolute atomic E-state index is 0.150. The fraction of sp³-hybridized carbons (Fsp3) is 0.364. The zero-order chi connectivity index (χ0) is 17.0. The molecule has 0 aliphatic heterocycles. The summed E-state index contributed by atoms with van der Waals surface area (Å²) in [6.07, 6.45) is -1.13. The van der Waals surface area contributed by atoms with E-state index >= 15 is 0 Å². The molecule has 23 heavy (non-hydrogen) atoms. The van der Waals surface area contributed by atoms with Crippen LogP contribution in [0.3, 0.4) is 0 Å². The molecule has 0 radical (unpaired) electrons. The van der Waals surface area contributed by atoms with Crippen LogP contribution in [-0.2, 0) is 11.5 Å². The van der Waals surface area contributed by atoms with Crippen molar-refractivity contribution in [2.75, 3.05) is 11.9 Å². The van der Waals surface area contributed by atoms with Crippen molar-refractivity contribution in [1.82, 2.24) is 19.6 Å². The first-order valence-electron chi connectivity index (χ1n) is 6.06. The molecule has 0 aromatic carbocycles. The Morgan fingerprint density at radius 1 is 1.39 bits per heavy atom. The molecule has 2 heterocycles. The molecule has 0 bridgehead atoms. The third-order valence-electron chi connectivity index (χ3n) is 2.42. The maximum atomic E-state index is 12.3. The summed E-state index contributed by atoms with van der Waals surface area (Å²) in [7, 11) is 0. The molecule has 0 saturated carbocycles. The molecule has 2 aromatic heterocycles. The van der Waals surface area contributed by atoms with Gasteiger partial charge >= 0.3 is 12.7 Å². The van der Waals surface area contributed by atoms with Gasteiger partial charge in [-0.1, -0.05) is 0 Å². The molecule has 0 unspecified atom stereocenters. The van der Waals surface area contributed by atoms with Gasteiger partial charge in [-0.2, -0.15) is 32.1 Å². The molecule has 0 aliphatic carbocycles. The van der Waals surface area contributed by atoms with Gasteiger partial charge in [-0.15, -0.1) is 0 Å². The smallest absolute Gasteiger partial charge is 0.350 e. The molecule has 0 aliphatic rings. The standard InChI is InChI=1S/C11H10F5N5O2/c12-10(13)21-2-1-8(19-21)9(22)18-7-3-17-20(4-7)6-23-5-11(14,15)16/h1-4,10H,5-6H2,(H,18,22). The lowest BCUT2D eigenvalue weighted by Crippen LogP contribution is -2.18. The Kier molecular flexibility index (Phi) is 4.93. The van der Waals surface area contributed by atoms with E-state index in [1.807, 2.05) is 0 Å². The van der Waals surface area contributed by atoms with Crippen LogP contribution in [0.5, 0.6) is 0 Å². The molecule has 126 valence electrons. The summed E-state index contributed by atoms with van der Waals surface area (Å²) in [6, 6.07) is 1.10. The van der Waals surface area contributed by atoms with Gasteiger partial charge < -0.3 is 10.1 Å². The molecule has 1 N–H and O–H groups in total. The van der Waals surface area contributed by atoms with Crippen LogP contribution in [0, 0.1) is 0 Å². The number of alkyl halides is 5. The van der Waals surface area contributed by atoms with Crippen molar-refractivity contribution in [1.29, 1.82) is 0 Å². The SMILES string of the molecule is O=C(Nc1cnn(COCC(F)(F)F)c1)c1ccn(C(F)F)n1. The summed E-state index contributed by atoms with van der Waals surface area (Å²) in [5, 5.41) is 9.36. The van der Waals surface area contributed by atoms with E-state index in [0.29, 0.717) is 4.68 Å². The fourth-order valence-electron chi connectivity index (χ4n) is 1.52. The van der Waals surface area contributed by atoms with Crippen LogP contribution in [0.4, 0.5) is 27.6 Å². The Bertz CT molecular complexity index is 666. The van der Waals surface area contributed by atoms with Gasteiger partial charge in [0.05, 0.1) is 18.1 Å². The van der Waals surface area contributed by atoms with E-state index in [9.17, 15) is 26.7 Å². The van der Waals surface area contributed by atoms with Crippen LogP contribution in [-0.4, -0.2) is 38.3 Å². The van der Waals surface area contributed by atoms with E-state index in [2.05, 4.69) is 20.3 Å². The zero-order valence-electron chi connectivity index (χ0n) is 11.3. The second-order valence-corrected chi connectivity index (χ2v) is 4.27. The van der Waals surface area contributed by atoms with Crippen molar-refractivity contribution in [2.24, 2.45) is 0 Å². The molecule has 12 heteroatoms. The summed E-state index contributed by atoms with van der Waals surface area (Å²) < 4.78 is 66.1. The summed E-state index contributed by atoms with van der Waals surface area (Å²) in [5.74, 6) is -0.764. The maximum Gasteiger partial charge on any atom is 0.411 e. The summed E-state index contributed by atoms with van der Waals surface area (Å²) in [6.45, 7) is -4.76. The third-order valence-corrected chi connectivity index (χ3v) is 2.42. The van der Waals surface area contributed by atoms with E-state index < -0.39 is 32.0 Å². The first kappa shape index (κ1) is 16.9. The molecule has 0 fully saturated rings. The van der Waals surface area contributed by atoms with Gasteiger partial charge in [0.1, 0.15) is 13.3 Å². The molecule has 2 rings (SSSR count). The van der Waals surface area contributed by atoms with Crippen LogP contribution < -0.4 is 5.32 Å². The van der Waals surface area contributed by atoms with Crippen LogP contribution in [0.25, 0.3) is 0 Å². The van der Waals surface area contributed by atoms with Gasteiger partial charge in [0.2, 0.25) is 0 Å². The van der Waals surface area contributed by atoms with Crippen LogP contribution in [0.2, 0.25) is 0 Å². The number of carbonyl (C=O) groups excluding carboxylic acids is 1. The van der Waals surface area contributed by atoms with Crippen molar-refractivity contribution in [2.45, 2.75) is 19.5 Å². The summed E-state index contributed by atoms with van der Waals surface area (Å²) >= 11 is 0. The molecule has 0 atom stereocenters. The lowest BCUT2D eigenvalue weighted by atomic mass is 10.4. The Labute approximate surface area is 125 Å². The zero-order valence-corrected chi connectivity index (χ0v) is 11.3. The monoisotopic (exact) mass is 339 g/mol. The predicted octanol–water partition coefficient (Wildman–Crippen LogP) is 2.26. The topological polar surface area (TPSA) is 74.0 Å². The highest BCUT2D eigenvalue weighted by Crippen LogP contribution is 2.15. The highest BCUT2D eigenvalue weighted by Gasteiger charge is 2.27. The Morgan fingerprint density at radius 2 is 2.13 bits per heavy atom. The quantitative estimate of drug-likeness (QED) is 0.820. The normalized spacial score (nSPS) is 11.9. The number of anilines is 1. The van der Waals surface area contributed by atoms with Gasteiger partial charge in [-0.05, 0) is 6.07 Å². The number of nitrogens with zero attached hydrogens (tertiary/aromatic N) is 4.